The topological polar surface area (TPSA) is 174 Å². The Morgan fingerprint density at radius 2 is 1.80 bits per heavy atom. The third kappa shape index (κ3) is 4.72. The summed E-state index contributed by atoms with van der Waals surface area (Å²) in [7, 11) is 4.79. The number of rotatable bonds is 6. The minimum atomic E-state index is -2.67. The van der Waals surface area contributed by atoms with Crippen molar-refractivity contribution in [1.82, 2.24) is 9.80 Å². The predicted octanol–water partition coefficient (Wildman–Crippen LogP) is 2.63. The van der Waals surface area contributed by atoms with Gasteiger partial charge < -0.3 is 30.9 Å². The molecule has 6 N–H and O–H groups in total. The molecule has 4 atom stereocenters. The highest BCUT2D eigenvalue weighted by molar-refractivity contribution is 6.24. The first-order chi connectivity index (χ1) is 21.4. The Hall–Kier alpha value is -4.19. The molecule has 1 saturated carbocycles. The molecule has 0 bridgehead atoms. The molecule has 1 amide bonds. The van der Waals surface area contributed by atoms with Gasteiger partial charge in [0.05, 0.1) is 18.7 Å². The van der Waals surface area contributed by atoms with E-state index >= 15 is 0 Å². The molecule has 3 aliphatic carbocycles. The zero-order chi connectivity index (χ0) is 32.4. The van der Waals surface area contributed by atoms with Crippen LogP contribution in [0.5, 0.6) is 11.5 Å². The van der Waals surface area contributed by atoms with Crippen molar-refractivity contribution in [3.63, 3.8) is 0 Å². The summed E-state index contributed by atoms with van der Waals surface area (Å²) in [5, 5.41) is 45.5. The van der Waals surface area contributed by atoms with Crippen LogP contribution in [0.3, 0.4) is 0 Å². The van der Waals surface area contributed by atoms with Gasteiger partial charge in [0.25, 0.3) is 5.91 Å². The van der Waals surface area contributed by atoms with Crippen molar-refractivity contribution in [2.45, 2.75) is 50.3 Å². The number of aromatic hydroxyl groups is 1. The lowest BCUT2D eigenvalue weighted by Gasteiger charge is -2.50. The number of Topliss-reactive ketones (excluding diaryl/α,β-unsaturated/α-hetero) is 2. The summed E-state index contributed by atoms with van der Waals surface area (Å²) in [6.45, 7) is 2.73. The fraction of sp³-hybridized carbons (Fsp3) is 0.441. The summed E-state index contributed by atoms with van der Waals surface area (Å²) in [4.78, 5) is 43.6. The number of fused-ring (bicyclic) bond motifs is 3. The van der Waals surface area contributed by atoms with Crippen LogP contribution >= 0.6 is 0 Å². The number of amides is 1. The van der Waals surface area contributed by atoms with Crippen molar-refractivity contribution in [3.05, 3.63) is 63.9 Å². The lowest BCUT2D eigenvalue weighted by atomic mass is 9.57. The molecule has 0 spiro atoms. The highest BCUT2D eigenvalue weighted by atomic mass is 16.5. The number of nitrogens with zero attached hydrogens (tertiary/aromatic N) is 2. The van der Waals surface area contributed by atoms with Gasteiger partial charge in [-0.2, -0.15) is 0 Å². The van der Waals surface area contributed by atoms with Crippen LogP contribution < -0.4 is 10.5 Å². The first kappa shape index (κ1) is 30.8. The molecular formula is C34H39N3O8. The molecular weight excluding hydrogens is 578 g/mol. The number of likely N-dealkylation sites (tertiary alicyclic amines) is 1. The first-order valence-electron chi connectivity index (χ1n) is 15.3. The van der Waals surface area contributed by atoms with Crippen LogP contribution in [0.25, 0.3) is 16.9 Å². The number of aliphatic hydroxyl groups is 3. The fourth-order valence-corrected chi connectivity index (χ4v) is 7.94. The van der Waals surface area contributed by atoms with E-state index in [0.29, 0.717) is 12.1 Å². The summed E-state index contributed by atoms with van der Waals surface area (Å²) in [5.41, 5.74) is 5.04. The molecule has 0 aromatic heterocycles. The standard InChI is InChI=1S/C34H39N3O8/c1-36(2)28-22-15-18-14-21-20(17-7-10-24(45-3)19(13-17)16-37-11-5-4-6-12-37)8-9-23(38)26(21)29(39)25(18)31(41)34(22,44)32(42)27(30(28)40)33(35)43/h7-10,13,18,22,28,38-39,42,44H,4-6,11-12,14-16H2,1-3H3,(H2,35,43)/t18?,22?,28-,34-/m0/s1. The third-order valence-corrected chi connectivity index (χ3v) is 10.0. The number of ketones is 2. The van der Waals surface area contributed by atoms with Gasteiger partial charge in [-0.15, -0.1) is 0 Å². The minimum absolute atomic E-state index is 0.0314. The van der Waals surface area contributed by atoms with Crippen LogP contribution in [0, 0.1) is 11.8 Å². The third-order valence-electron chi connectivity index (χ3n) is 10.0. The quantitative estimate of drug-likeness (QED) is 0.303. The maximum absolute atomic E-state index is 14.1. The number of likely N-dealkylation sites (N-methyl/N-ethyl adjacent to an activating group) is 1. The minimum Gasteiger partial charge on any atom is -0.508 e. The van der Waals surface area contributed by atoms with E-state index in [1.54, 1.807) is 27.3 Å². The molecule has 2 aromatic carbocycles. The second-order valence-electron chi connectivity index (χ2n) is 12.8. The van der Waals surface area contributed by atoms with Crippen LogP contribution in [-0.2, 0) is 27.3 Å². The summed E-state index contributed by atoms with van der Waals surface area (Å²) < 4.78 is 5.68. The normalized spacial score (nSPS) is 26.9. The van der Waals surface area contributed by atoms with Gasteiger partial charge >= 0.3 is 0 Å². The van der Waals surface area contributed by atoms with E-state index < -0.39 is 58.0 Å². The summed E-state index contributed by atoms with van der Waals surface area (Å²) >= 11 is 0. The number of carbonyl (C=O) groups is 3. The van der Waals surface area contributed by atoms with Gasteiger partial charge in [-0.05, 0) is 93.7 Å². The lowest BCUT2D eigenvalue weighted by molar-refractivity contribution is -0.153. The Kier molecular flexibility index (Phi) is 7.75. The summed E-state index contributed by atoms with van der Waals surface area (Å²) in [6, 6.07) is 7.97. The van der Waals surface area contributed by atoms with E-state index in [-0.39, 0.29) is 29.7 Å². The SMILES string of the molecule is COc1ccc(-c2ccc(O)c3c2CC2CC4[C@H](N(C)C)C(=O)C(C(N)=O)=C(O)[C@@]4(O)C(=O)C2=C3O)cc1CN1CCCCC1. The van der Waals surface area contributed by atoms with Crippen LogP contribution in [0.15, 0.2) is 47.2 Å². The van der Waals surface area contributed by atoms with Gasteiger partial charge in [0.2, 0.25) is 5.78 Å². The van der Waals surface area contributed by atoms with E-state index in [0.717, 1.165) is 48.4 Å². The molecule has 2 unspecified atom stereocenters. The molecule has 2 aromatic rings. The predicted molar refractivity (Wildman–Crippen MR) is 165 cm³/mol. The zero-order valence-corrected chi connectivity index (χ0v) is 25.7. The van der Waals surface area contributed by atoms with Gasteiger partial charge in [0.1, 0.15) is 28.6 Å². The fourth-order valence-electron chi connectivity index (χ4n) is 7.94. The van der Waals surface area contributed by atoms with Crippen LogP contribution in [-0.4, -0.2) is 93.6 Å². The molecule has 6 rings (SSSR count). The van der Waals surface area contributed by atoms with Crippen LogP contribution in [0.4, 0.5) is 0 Å². The smallest absolute Gasteiger partial charge is 0.255 e. The van der Waals surface area contributed by atoms with E-state index in [1.807, 2.05) is 12.1 Å². The maximum Gasteiger partial charge on any atom is 0.255 e. The molecule has 1 heterocycles. The molecule has 4 aliphatic rings. The molecule has 45 heavy (non-hydrogen) atoms. The Bertz CT molecular complexity index is 1670. The number of phenols is 1. The second-order valence-corrected chi connectivity index (χ2v) is 12.8. The zero-order valence-electron chi connectivity index (χ0n) is 25.7. The van der Waals surface area contributed by atoms with E-state index in [1.165, 1.54) is 17.4 Å². The number of nitrogens with two attached hydrogens (primary N) is 1. The monoisotopic (exact) mass is 617 g/mol. The maximum atomic E-state index is 14.1. The molecule has 1 aliphatic heterocycles. The summed E-state index contributed by atoms with van der Waals surface area (Å²) in [5.74, 6) is -5.95. The first-order valence-corrected chi connectivity index (χ1v) is 15.3. The molecule has 0 radical (unpaired) electrons. The number of piperidine rings is 1. The van der Waals surface area contributed by atoms with Gasteiger partial charge in [-0.25, -0.2) is 0 Å². The van der Waals surface area contributed by atoms with Crippen molar-refractivity contribution in [1.29, 1.82) is 0 Å². The highest BCUT2D eigenvalue weighted by Gasteiger charge is 2.64. The van der Waals surface area contributed by atoms with Crippen molar-refractivity contribution in [2.24, 2.45) is 17.6 Å². The van der Waals surface area contributed by atoms with Crippen LogP contribution in [0.1, 0.15) is 42.4 Å². The molecule has 2 fully saturated rings. The Balaban J connectivity index is 1.48. The van der Waals surface area contributed by atoms with E-state index in [2.05, 4.69) is 11.0 Å². The van der Waals surface area contributed by atoms with Crippen molar-refractivity contribution < 1.29 is 39.5 Å². The molecule has 11 nitrogen and oxygen atoms in total. The average molecular weight is 618 g/mol. The highest BCUT2D eigenvalue weighted by Crippen LogP contribution is 2.53. The van der Waals surface area contributed by atoms with Gasteiger partial charge in [0, 0.05) is 23.6 Å². The van der Waals surface area contributed by atoms with E-state index in [4.69, 9.17) is 10.5 Å². The Labute approximate surface area is 261 Å². The number of hydrogen-bond acceptors (Lipinski definition) is 10. The average Bonchev–Trinajstić information content (AvgIpc) is 2.99. The summed E-state index contributed by atoms with van der Waals surface area (Å²) in [6.07, 6.45) is 3.76. The number of benzene rings is 2. The van der Waals surface area contributed by atoms with Crippen LogP contribution in [0.2, 0.25) is 0 Å². The number of methoxy groups -OCH3 is 1. The molecule has 238 valence electrons. The lowest BCUT2D eigenvalue weighted by Crippen LogP contribution is -2.65. The number of aliphatic hydroxyl groups excluding tert-OH is 2. The van der Waals surface area contributed by atoms with Crippen molar-refractivity contribution in [3.8, 4) is 22.6 Å². The number of primary amides is 1. The van der Waals surface area contributed by atoms with Gasteiger partial charge in [0.15, 0.2) is 11.4 Å². The molecule has 11 heteroatoms. The van der Waals surface area contributed by atoms with Gasteiger partial charge in [-0.1, -0.05) is 18.6 Å². The number of hydrogen-bond donors (Lipinski definition) is 5. The van der Waals surface area contributed by atoms with Gasteiger partial charge in [-0.3, -0.25) is 24.2 Å². The van der Waals surface area contributed by atoms with E-state index in [9.17, 15) is 34.8 Å². The largest absolute Gasteiger partial charge is 0.508 e. The Morgan fingerprint density at radius 3 is 2.44 bits per heavy atom. The number of phenolic OH excluding ortho intramolecular Hbond substituents is 1. The Morgan fingerprint density at radius 1 is 1.09 bits per heavy atom. The van der Waals surface area contributed by atoms with Crippen molar-refractivity contribution in [2.75, 3.05) is 34.3 Å². The number of ether oxygens (including phenoxy) is 1. The second kappa shape index (κ2) is 11.3. The van der Waals surface area contributed by atoms with Crippen molar-refractivity contribution >= 4 is 23.2 Å². The number of carbonyl (C=O) groups excluding carboxylic acids is 3. The molecule has 1 saturated heterocycles.